The number of imide groups is 2. The van der Waals surface area contributed by atoms with Gasteiger partial charge in [0.15, 0.2) is 11.5 Å². The lowest BCUT2D eigenvalue weighted by Crippen LogP contribution is -2.46. The largest absolute Gasteiger partial charge is 0.490 e. The third kappa shape index (κ3) is 4.15. The summed E-state index contributed by atoms with van der Waals surface area (Å²) in [5, 5.41) is 7.03. The minimum atomic E-state index is -1.38. The van der Waals surface area contributed by atoms with E-state index in [9.17, 15) is 19.2 Å². The van der Waals surface area contributed by atoms with E-state index >= 15 is 0 Å². The minimum Gasteiger partial charge on any atom is -0.490 e. The maximum absolute atomic E-state index is 12.9. The Morgan fingerprint density at radius 1 is 1.28 bits per heavy atom. The number of carbonyl (C=O) groups is 4. The molecule has 0 aliphatic carbocycles. The molecular formula is C19H22N4O6. The summed E-state index contributed by atoms with van der Waals surface area (Å²) in [7, 11) is 0. The van der Waals surface area contributed by atoms with Crippen LogP contribution in [0, 0.1) is 0 Å². The standard InChI is InChI=1S/C19H22N4O6/c1-3-7-20-17(26)21-15(24)11-23-16(25)19(2,22-18(23)27)12-5-6-13-14(10-12)29-9-4-8-28-13/h3,5-6,10H,1,4,7-9,11H2,2H3,(H,22,27)(H2,20,21,24,26)/t19-/m0/s1. The maximum Gasteiger partial charge on any atom is 0.325 e. The number of carbonyl (C=O) groups excluding carboxylic acids is 4. The number of ether oxygens (including phenoxy) is 2. The van der Waals surface area contributed by atoms with Crippen molar-refractivity contribution < 1.29 is 28.7 Å². The number of urea groups is 2. The van der Waals surface area contributed by atoms with E-state index in [1.54, 1.807) is 25.1 Å². The number of hydrogen-bond acceptors (Lipinski definition) is 6. The molecule has 0 bridgehead atoms. The van der Waals surface area contributed by atoms with Gasteiger partial charge in [0.2, 0.25) is 5.91 Å². The molecule has 154 valence electrons. The van der Waals surface area contributed by atoms with E-state index in [1.807, 2.05) is 0 Å². The molecule has 6 amide bonds. The Labute approximate surface area is 167 Å². The Hall–Kier alpha value is -3.56. The number of rotatable bonds is 5. The molecule has 1 atom stereocenters. The third-order valence-corrected chi connectivity index (χ3v) is 4.56. The van der Waals surface area contributed by atoms with Crippen LogP contribution in [0.1, 0.15) is 18.9 Å². The van der Waals surface area contributed by atoms with Crippen molar-refractivity contribution in [1.29, 1.82) is 0 Å². The monoisotopic (exact) mass is 402 g/mol. The first-order valence-corrected chi connectivity index (χ1v) is 9.08. The van der Waals surface area contributed by atoms with Crippen LogP contribution in [0.5, 0.6) is 11.5 Å². The fourth-order valence-corrected chi connectivity index (χ4v) is 3.03. The summed E-state index contributed by atoms with van der Waals surface area (Å²) in [6, 6.07) is 3.52. The zero-order chi connectivity index (χ0) is 21.0. The number of nitrogens with one attached hydrogen (secondary N) is 3. The van der Waals surface area contributed by atoms with E-state index in [0.29, 0.717) is 30.3 Å². The van der Waals surface area contributed by atoms with Gasteiger partial charge in [0, 0.05) is 13.0 Å². The first-order chi connectivity index (χ1) is 13.8. The second kappa shape index (κ2) is 8.21. The van der Waals surface area contributed by atoms with Gasteiger partial charge in [-0.1, -0.05) is 12.1 Å². The van der Waals surface area contributed by atoms with Gasteiger partial charge >= 0.3 is 12.1 Å². The van der Waals surface area contributed by atoms with Gasteiger partial charge in [-0.3, -0.25) is 19.8 Å². The quantitative estimate of drug-likeness (QED) is 0.490. The van der Waals surface area contributed by atoms with Crippen molar-refractivity contribution in [2.45, 2.75) is 18.9 Å². The van der Waals surface area contributed by atoms with Gasteiger partial charge in [-0.25, -0.2) is 9.59 Å². The van der Waals surface area contributed by atoms with Crippen LogP contribution >= 0.6 is 0 Å². The summed E-state index contributed by atoms with van der Waals surface area (Å²) >= 11 is 0. The Bertz CT molecular complexity index is 870. The lowest BCUT2D eigenvalue weighted by Gasteiger charge is -2.23. The van der Waals surface area contributed by atoms with Gasteiger partial charge in [-0.05, 0) is 24.6 Å². The van der Waals surface area contributed by atoms with Gasteiger partial charge in [0.25, 0.3) is 5.91 Å². The highest BCUT2D eigenvalue weighted by Crippen LogP contribution is 2.36. The predicted molar refractivity (Wildman–Crippen MR) is 101 cm³/mol. The normalized spacial score (nSPS) is 20.5. The van der Waals surface area contributed by atoms with Crippen molar-refractivity contribution in [2.75, 3.05) is 26.3 Å². The molecule has 0 spiro atoms. The smallest absolute Gasteiger partial charge is 0.325 e. The zero-order valence-corrected chi connectivity index (χ0v) is 15.9. The van der Waals surface area contributed by atoms with Gasteiger partial charge in [0.05, 0.1) is 13.2 Å². The summed E-state index contributed by atoms with van der Waals surface area (Å²) in [5.74, 6) is -0.358. The summed E-state index contributed by atoms with van der Waals surface area (Å²) in [6.07, 6.45) is 2.18. The molecular weight excluding hydrogens is 380 g/mol. The maximum atomic E-state index is 12.9. The highest BCUT2D eigenvalue weighted by molar-refractivity contribution is 6.10. The number of benzene rings is 1. The van der Waals surface area contributed by atoms with Gasteiger partial charge < -0.3 is 20.1 Å². The molecule has 3 rings (SSSR count). The molecule has 1 aromatic carbocycles. The Balaban J connectivity index is 1.74. The van der Waals surface area contributed by atoms with E-state index in [0.717, 1.165) is 11.3 Å². The van der Waals surface area contributed by atoms with Crippen molar-refractivity contribution in [1.82, 2.24) is 20.9 Å². The fraction of sp³-hybridized carbons (Fsp3) is 0.368. The van der Waals surface area contributed by atoms with E-state index in [1.165, 1.54) is 6.08 Å². The van der Waals surface area contributed by atoms with Crippen molar-refractivity contribution >= 4 is 23.9 Å². The van der Waals surface area contributed by atoms with E-state index in [-0.39, 0.29) is 6.54 Å². The SMILES string of the molecule is C=CCNC(=O)NC(=O)CN1C(=O)N[C@@](C)(c2ccc3c(c2)OCCCO3)C1=O. The van der Waals surface area contributed by atoms with E-state index in [4.69, 9.17) is 9.47 Å². The van der Waals surface area contributed by atoms with Crippen molar-refractivity contribution in [3.63, 3.8) is 0 Å². The Morgan fingerprint density at radius 3 is 2.72 bits per heavy atom. The average molecular weight is 402 g/mol. The number of hydrogen-bond donors (Lipinski definition) is 3. The molecule has 29 heavy (non-hydrogen) atoms. The first-order valence-electron chi connectivity index (χ1n) is 9.08. The average Bonchev–Trinajstić information content (AvgIpc) is 2.86. The van der Waals surface area contributed by atoms with Crippen molar-refractivity contribution in [3.8, 4) is 11.5 Å². The Morgan fingerprint density at radius 2 is 2.00 bits per heavy atom. The summed E-state index contributed by atoms with van der Waals surface area (Å²) in [6.45, 7) is 5.57. The molecule has 2 aliphatic rings. The molecule has 1 fully saturated rings. The highest BCUT2D eigenvalue weighted by Gasteiger charge is 2.49. The summed E-state index contributed by atoms with van der Waals surface area (Å²) < 4.78 is 11.2. The molecule has 2 aliphatic heterocycles. The second-order valence-electron chi connectivity index (χ2n) is 6.71. The van der Waals surface area contributed by atoms with Crippen molar-refractivity contribution in [3.05, 3.63) is 36.4 Å². The number of nitrogens with zero attached hydrogens (tertiary/aromatic N) is 1. The highest BCUT2D eigenvalue weighted by atomic mass is 16.5. The van der Waals surface area contributed by atoms with Crippen LogP contribution in [-0.2, 0) is 15.1 Å². The molecule has 2 heterocycles. The minimum absolute atomic E-state index is 0.171. The fourth-order valence-electron chi connectivity index (χ4n) is 3.03. The molecule has 1 saturated heterocycles. The second-order valence-corrected chi connectivity index (χ2v) is 6.71. The molecule has 0 unspecified atom stereocenters. The Kier molecular flexibility index (Phi) is 5.71. The molecule has 3 N–H and O–H groups in total. The lowest BCUT2D eigenvalue weighted by molar-refractivity contribution is -0.134. The van der Waals surface area contributed by atoms with Crippen LogP contribution < -0.4 is 25.4 Å². The van der Waals surface area contributed by atoms with Crippen molar-refractivity contribution in [2.24, 2.45) is 0 Å². The number of amides is 6. The zero-order valence-electron chi connectivity index (χ0n) is 15.9. The predicted octanol–water partition coefficient (Wildman–Crippen LogP) is 0.627. The van der Waals surface area contributed by atoms with Crippen LogP contribution in [0.2, 0.25) is 0 Å². The van der Waals surface area contributed by atoms with E-state index < -0.39 is 36.0 Å². The van der Waals surface area contributed by atoms with Gasteiger partial charge in [-0.15, -0.1) is 6.58 Å². The third-order valence-electron chi connectivity index (χ3n) is 4.56. The molecule has 1 aromatic rings. The van der Waals surface area contributed by atoms with Crippen LogP contribution in [0.4, 0.5) is 9.59 Å². The van der Waals surface area contributed by atoms with Gasteiger partial charge in [0.1, 0.15) is 12.1 Å². The van der Waals surface area contributed by atoms with Crippen LogP contribution in [0.3, 0.4) is 0 Å². The molecule has 10 heteroatoms. The van der Waals surface area contributed by atoms with Gasteiger partial charge in [-0.2, -0.15) is 0 Å². The van der Waals surface area contributed by atoms with E-state index in [2.05, 4.69) is 22.5 Å². The van der Waals surface area contributed by atoms with Crippen LogP contribution in [-0.4, -0.2) is 55.1 Å². The van der Waals surface area contributed by atoms with Crippen LogP contribution in [0.25, 0.3) is 0 Å². The summed E-state index contributed by atoms with van der Waals surface area (Å²) in [5.41, 5.74) is -0.889. The summed E-state index contributed by atoms with van der Waals surface area (Å²) in [4.78, 5) is 49.6. The lowest BCUT2D eigenvalue weighted by atomic mass is 9.91. The topological polar surface area (TPSA) is 126 Å². The molecule has 0 saturated carbocycles. The first kappa shape index (κ1) is 20.2. The number of fused-ring (bicyclic) bond motifs is 1. The molecule has 10 nitrogen and oxygen atoms in total. The van der Waals surface area contributed by atoms with Crippen LogP contribution in [0.15, 0.2) is 30.9 Å². The molecule has 0 aromatic heterocycles. The molecule has 0 radical (unpaired) electrons.